The molecule has 0 aromatic heterocycles. The Kier molecular flexibility index (Phi) is 6.98. The molecule has 0 aliphatic carbocycles. The van der Waals surface area contributed by atoms with Crippen molar-refractivity contribution in [2.45, 2.75) is 58.1 Å². The topological polar surface area (TPSA) is 58.6 Å². The van der Waals surface area contributed by atoms with Crippen molar-refractivity contribution in [1.82, 2.24) is 10.2 Å². The maximum atomic E-state index is 13.0. The van der Waals surface area contributed by atoms with Gasteiger partial charge in [0.05, 0.1) is 0 Å². The lowest BCUT2D eigenvalue weighted by Gasteiger charge is -2.34. The van der Waals surface area contributed by atoms with E-state index in [1.165, 1.54) is 29.8 Å². The molecule has 0 bridgehead atoms. The van der Waals surface area contributed by atoms with Crippen LogP contribution >= 0.6 is 0 Å². The molecule has 3 rings (SSSR count). The molecule has 5 nitrogen and oxygen atoms in total. The van der Waals surface area contributed by atoms with Crippen molar-refractivity contribution in [2.75, 3.05) is 13.1 Å². The third kappa shape index (κ3) is 6.06. The number of hydrogen-bond donors (Lipinski definition) is 1. The minimum atomic E-state index is -0.578. The highest BCUT2D eigenvalue weighted by molar-refractivity contribution is 5.94. The van der Waals surface area contributed by atoms with Gasteiger partial charge < -0.3 is 15.0 Å². The Hall–Kier alpha value is -2.89. The summed E-state index contributed by atoms with van der Waals surface area (Å²) < 4.78 is 18.9. The van der Waals surface area contributed by atoms with Crippen molar-refractivity contribution in [3.8, 4) is 5.75 Å². The van der Waals surface area contributed by atoms with E-state index in [4.69, 9.17) is 4.74 Å². The smallest absolute Gasteiger partial charge is 0.263 e. The van der Waals surface area contributed by atoms with Gasteiger partial charge in [0.15, 0.2) is 6.10 Å². The fourth-order valence-electron chi connectivity index (χ4n) is 3.66. The lowest BCUT2D eigenvalue weighted by atomic mass is 9.87. The predicted molar refractivity (Wildman–Crippen MR) is 119 cm³/mol. The summed E-state index contributed by atoms with van der Waals surface area (Å²) in [6.45, 7) is 9.35. The molecule has 166 valence electrons. The molecule has 2 aromatic carbocycles. The molecule has 2 aromatic rings. The lowest BCUT2D eigenvalue weighted by molar-refractivity contribution is -0.139. The maximum absolute atomic E-state index is 13.0. The van der Waals surface area contributed by atoms with Gasteiger partial charge in [-0.2, -0.15) is 0 Å². The van der Waals surface area contributed by atoms with Gasteiger partial charge in [-0.05, 0) is 67.1 Å². The number of carbonyl (C=O) groups is 2. The Balaban J connectivity index is 1.48. The number of halogens is 1. The molecule has 1 aliphatic rings. The highest BCUT2D eigenvalue weighted by Gasteiger charge is 2.28. The molecule has 1 atom stereocenters. The molecular formula is C25H31FN2O3. The monoisotopic (exact) mass is 426 g/mol. The van der Waals surface area contributed by atoms with Crippen molar-refractivity contribution in [1.29, 1.82) is 0 Å². The van der Waals surface area contributed by atoms with Crippen LogP contribution in [0.4, 0.5) is 4.39 Å². The number of nitrogens with one attached hydrogen (secondary N) is 1. The number of likely N-dealkylation sites (tertiary alicyclic amines) is 1. The van der Waals surface area contributed by atoms with E-state index in [0.717, 1.165) is 0 Å². The van der Waals surface area contributed by atoms with Crippen molar-refractivity contribution in [3.05, 3.63) is 65.5 Å². The summed E-state index contributed by atoms with van der Waals surface area (Å²) in [5.41, 5.74) is 1.71. The molecule has 1 unspecified atom stereocenters. The van der Waals surface area contributed by atoms with Gasteiger partial charge in [0.2, 0.25) is 0 Å². The Bertz CT molecular complexity index is 896. The normalized spacial score (nSPS) is 16.0. The maximum Gasteiger partial charge on any atom is 0.263 e. The van der Waals surface area contributed by atoms with Gasteiger partial charge in [0, 0.05) is 24.7 Å². The van der Waals surface area contributed by atoms with Crippen LogP contribution in [0.15, 0.2) is 48.5 Å². The predicted octanol–water partition coefficient (Wildman–Crippen LogP) is 4.31. The zero-order chi connectivity index (χ0) is 22.6. The number of carbonyl (C=O) groups excluding carboxylic acids is 2. The molecule has 1 fully saturated rings. The van der Waals surface area contributed by atoms with Gasteiger partial charge >= 0.3 is 0 Å². The molecule has 2 amide bonds. The van der Waals surface area contributed by atoms with Crippen LogP contribution in [0.25, 0.3) is 0 Å². The zero-order valence-corrected chi connectivity index (χ0v) is 18.7. The summed E-state index contributed by atoms with van der Waals surface area (Å²) in [5.74, 6) is 0.0311. The molecule has 0 radical (unpaired) electrons. The zero-order valence-electron chi connectivity index (χ0n) is 18.7. The largest absolute Gasteiger partial charge is 0.481 e. The summed E-state index contributed by atoms with van der Waals surface area (Å²) >= 11 is 0. The van der Waals surface area contributed by atoms with Crippen LogP contribution in [0.3, 0.4) is 0 Å². The average molecular weight is 427 g/mol. The van der Waals surface area contributed by atoms with Gasteiger partial charge in [0.1, 0.15) is 11.6 Å². The minimum Gasteiger partial charge on any atom is -0.481 e. The van der Waals surface area contributed by atoms with Gasteiger partial charge in [-0.1, -0.05) is 32.9 Å². The van der Waals surface area contributed by atoms with Crippen LogP contribution in [0.5, 0.6) is 5.75 Å². The molecule has 1 N–H and O–H groups in total. The Morgan fingerprint density at radius 2 is 1.61 bits per heavy atom. The average Bonchev–Trinajstić information content (AvgIpc) is 2.74. The first kappa shape index (κ1) is 22.8. The van der Waals surface area contributed by atoms with E-state index in [0.29, 0.717) is 37.2 Å². The highest BCUT2D eigenvalue weighted by atomic mass is 19.1. The standard InChI is InChI=1S/C25H31FN2O3/c1-17(31-22-11-7-19(8-12-22)25(2,3)4)24(30)28-15-13-21(14-16-28)27-23(29)18-5-9-20(26)10-6-18/h5-12,17,21H,13-16H2,1-4H3,(H,27,29). The minimum absolute atomic E-state index is 0.0113. The number of benzene rings is 2. The number of ether oxygens (including phenoxy) is 1. The van der Waals surface area contributed by atoms with Crippen molar-refractivity contribution < 1.29 is 18.7 Å². The van der Waals surface area contributed by atoms with Crippen LogP contribution < -0.4 is 10.1 Å². The van der Waals surface area contributed by atoms with Gasteiger partial charge in [-0.25, -0.2) is 4.39 Å². The van der Waals surface area contributed by atoms with Crippen LogP contribution in [0.1, 0.15) is 56.5 Å². The lowest BCUT2D eigenvalue weighted by Crippen LogP contribution is -2.49. The molecule has 31 heavy (non-hydrogen) atoms. The second-order valence-electron chi connectivity index (χ2n) is 9.11. The first-order chi connectivity index (χ1) is 14.6. The third-order valence-corrected chi connectivity index (χ3v) is 5.63. The second-order valence-corrected chi connectivity index (χ2v) is 9.11. The highest BCUT2D eigenvalue weighted by Crippen LogP contribution is 2.25. The van der Waals surface area contributed by atoms with Crippen LogP contribution in [0, 0.1) is 5.82 Å². The van der Waals surface area contributed by atoms with Crippen LogP contribution in [-0.2, 0) is 10.2 Å². The number of amides is 2. The van der Waals surface area contributed by atoms with E-state index >= 15 is 0 Å². The molecule has 6 heteroatoms. The van der Waals surface area contributed by atoms with Gasteiger partial charge in [-0.3, -0.25) is 9.59 Å². The molecule has 1 aliphatic heterocycles. The molecular weight excluding hydrogens is 395 g/mol. The van der Waals surface area contributed by atoms with Gasteiger partial charge in [-0.15, -0.1) is 0 Å². The molecule has 1 heterocycles. The third-order valence-electron chi connectivity index (χ3n) is 5.63. The summed E-state index contributed by atoms with van der Waals surface area (Å²) in [5, 5.41) is 2.97. The SMILES string of the molecule is CC(Oc1ccc(C(C)(C)C)cc1)C(=O)N1CCC(NC(=O)c2ccc(F)cc2)CC1. The Morgan fingerprint density at radius 1 is 1.03 bits per heavy atom. The van der Waals surface area contributed by atoms with Crippen molar-refractivity contribution in [2.24, 2.45) is 0 Å². The second kappa shape index (κ2) is 9.50. The van der Waals surface area contributed by atoms with Crippen LogP contribution in [-0.4, -0.2) is 41.9 Å². The summed E-state index contributed by atoms with van der Waals surface area (Å²) in [6.07, 6.45) is 0.767. The molecule has 1 saturated heterocycles. The quantitative estimate of drug-likeness (QED) is 0.775. The molecule has 0 spiro atoms. The van der Waals surface area contributed by atoms with Crippen LogP contribution in [0.2, 0.25) is 0 Å². The number of nitrogens with zero attached hydrogens (tertiary/aromatic N) is 1. The number of rotatable bonds is 5. The van der Waals surface area contributed by atoms with E-state index < -0.39 is 6.10 Å². The molecule has 0 saturated carbocycles. The summed E-state index contributed by atoms with van der Waals surface area (Å²) in [6, 6.07) is 13.3. The van der Waals surface area contributed by atoms with E-state index in [9.17, 15) is 14.0 Å². The fourth-order valence-corrected chi connectivity index (χ4v) is 3.66. The van der Waals surface area contributed by atoms with Crippen molar-refractivity contribution in [3.63, 3.8) is 0 Å². The first-order valence-electron chi connectivity index (χ1n) is 10.8. The summed E-state index contributed by atoms with van der Waals surface area (Å²) in [4.78, 5) is 26.9. The number of piperidine rings is 1. The van der Waals surface area contributed by atoms with Crippen molar-refractivity contribution >= 4 is 11.8 Å². The Labute approximate surface area is 183 Å². The summed E-state index contributed by atoms with van der Waals surface area (Å²) in [7, 11) is 0. The van der Waals surface area contributed by atoms with E-state index in [-0.39, 0.29) is 29.1 Å². The first-order valence-corrected chi connectivity index (χ1v) is 10.8. The van der Waals surface area contributed by atoms with E-state index in [1.54, 1.807) is 11.8 Å². The fraction of sp³-hybridized carbons (Fsp3) is 0.440. The van der Waals surface area contributed by atoms with E-state index in [2.05, 4.69) is 26.1 Å². The number of hydrogen-bond acceptors (Lipinski definition) is 3. The van der Waals surface area contributed by atoms with E-state index in [1.807, 2.05) is 24.3 Å². The van der Waals surface area contributed by atoms with Gasteiger partial charge in [0.25, 0.3) is 11.8 Å². The Morgan fingerprint density at radius 3 is 2.16 bits per heavy atom.